The highest BCUT2D eigenvalue weighted by Gasteiger charge is 2.30. The van der Waals surface area contributed by atoms with Crippen molar-refractivity contribution in [2.75, 3.05) is 21.3 Å². The molecule has 0 bridgehead atoms. The monoisotopic (exact) mass is 451 g/mol. The van der Waals surface area contributed by atoms with Crippen LogP contribution in [0.3, 0.4) is 0 Å². The zero-order valence-corrected chi connectivity index (χ0v) is 19.2. The first kappa shape index (κ1) is 22.6. The van der Waals surface area contributed by atoms with Crippen molar-refractivity contribution in [1.29, 1.82) is 0 Å². The summed E-state index contributed by atoms with van der Waals surface area (Å²) < 4.78 is 21.5. The van der Waals surface area contributed by atoms with Crippen molar-refractivity contribution < 1.29 is 23.5 Å². The van der Waals surface area contributed by atoms with Crippen LogP contribution in [0.4, 0.5) is 0 Å². The molecule has 0 saturated heterocycles. The molecule has 0 atom stereocenters. The molecule has 2 aromatic carbocycles. The second-order valence-corrected chi connectivity index (χ2v) is 8.03. The van der Waals surface area contributed by atoms with Crippen molar-refractivity contribution in [3.63, 3.8) is 0 Å². The normalized spacial score (nSPS) is 14.0. The highest BCUT2D eigenvalue weighted by atomic mass is 16.5. The Morgan fingerprint density at radius 1 is 0.970 bits per heavy atom. The van der Waals surface area contributed by atoms with Crippen LogP contribution in [0.15, 0.2) is 47.0 Å². The van der Waals surface area contributed by atoms with Crippen LogP contribution in [0, 0.1) is 0 Å². The van der Waals surface area contributed by atoms with E-state index in [9.17, 15) is 4.79 Å². The molecular weight excluding hydrogens is 422 g/mol. The van der Waals surface area contributed by atoms with Crippen LogP contribution in [0.1, 0.15) is 48.4 Å². The highest BCUT2D eigenvalue weighted by Crippen LogP contribution is 2.30. The van der Waals surface area contributed by atoms with Gasteiger partial charge < -0.3 is 23.6 Å². The maximum Gasteiger partial charge on any atom is 0.258 e. The van der Waals surface area contributed by atoms with Crippen molar-refractivity contribution in [1.82, 2.24) is 15.0 Å². The Kier molecular flexibility index (Phi) is 7.12. The maximum absolute atomic E-state index is 13.7. The van der Waals surface area contributed by atoms with E-state index in [0.29, 0.717) is 28.8 Å². The van der Waals surface area contributed by atoms with Gasteiger partial charge in [0.15, 0.2) is 0 Å². The highest BCUT2D eigenvalue weighted by molar-refractivity contribution is 5.97. The molecule has 0 N–H and O–H groups in total. The Morgan fingerprint density at radius 2 is 1.67 bits per heavy atom. The lowest BCUT2D eigenvalue weighted by Crippen LogP contribution is -2.41. The number of hydrogen-bond donors (Lipinski definition) is 0. The average molecular weight is 452 g/mol. The summed E-state index contributed by atoms with van der Waals surface area (Å²) in [5, 5.41) is 4.12. The summed E-state index contributed by atoms with van der Waals surface area (Å²) in [6, 6.07) is 12.8. The average Bonchev–Trinajstić information content (AvgIpc) is 3.35. The van der Waals surface area contributed by atoms with E-state index in [1.807, 2.05) is 29.2 Å². The maximum atomic E-state index is 13.7. The van der Waals surface area contributed by atoms with Crippen LogP contribution in [-0.2, 0) is 6.54 Å². The first-order valence-corrected chi connectivity index (χ1v) is 11.1. The Balaban J connectivity index is 1.60. The van der Waals surface area contributed by atoms with Gasteiger partial charge in [-0.15, -0.1) is 0 Å². The van der Waals surface area contributed by atoms with E-state index in [1.54, 1.807) is 39.5 Å². The van der Waals surface area contributed by atoms with Crippen LogP contribution in [0.5, 0.6) is 17.2 Å². The van der Waals surface area contributed by atoms with Gasteiger partial charge in [-0.25, -0.2) is 0 Å². The van der Waals surface area contributed by atoms with Gasteiger partial charge in [-0.1, -0.05) is 24.4 Å². The summed E-state index contributed by atoms with van der Waals surface area (Å²) in [6.45, 7) is 0.238. The van der Waals surface area contributed by atoms with Gasteiger partial charge in [-0.3, -0.25) is 4.79 Å². The number of carbonyl (C=O) groups excluding carboxylic acids is 1. The minimum absolute atomic E-state index is 0.106. The molecule has 0 unspecified atom stereocenters. The summed E-state index contributed by atoms with van der Waals surface area (Å²) in [5.74, 6) is 2.62. The number of ether oxygens (including phenoxy) is 3. The molecule has 3 aromatic rings. The number of benzene rings is 2. The van der Waals surface area contributed by atoms with Crippen LogP contribution >= 0.6 is 0 Å². The third kappa shape index (κ3) is 5.10. The Hall–Kier alpha value is -3.55. The smallest absolute Gasteiger partial charge is 0.258 e. The van der Waals surface area contributed by atoms with E-state index in [1.165, 1.54) is 6.42 Å². The molecule has 8 heteroatoms. The van der Waals surface area contributed by atoms with E-state index in [0.717, 1.165) is 37.0 Å². The second kappa shape index (κ2) is 10.4. The molecule has 174 valence electrons. The van der Waals surface area contributed by atoms with Crippen LogP contribution in [0.2, 0.25) is 0 Å². The first-order chi connectivity index (χ1) is 16.1. The fourth-order valence-corrected chi connectivity index (χ4v) is 4.21. The summed E-state index contributed by atoms with van der Waals surface area (Å²) in [6.07, 6.45) is 5.27. The quantitative estimate of drug-likeness (QED) is 0.489. The van der Waals surface area contributed by atoms with Gasteiger partial charge in [-0.2, -0.15) is 4.98 Å². The molecule has 0 radical (unpaired) electrons. The van der Waals surface area contributed by atoms with Gasteiger partial charge in [0.1, 0.15) is 23.8 Å². The topological polar surface area (TPSA) is 86.9 Å². The van der Waals surface area contributed by atoms with Crippen LogP contribution in [0.25, 0.3) is 11.4 Å². The lowest BCUT2D eigenvalue weighted by molar-refractivity contribution is 0.0582. The molecule has 1 aliphatic rings. The fourth-order valence-electron chi connectivity index (χ4n) is 4.21. The van der Waals surface area contributed by atoms with Crippen LogP contribution in [-0.4, -0.2) is 48.3 Å². The number of carbonyl (C=O) groups is 1. The van der Waals surface area contributed by atoms with Gasteiger partial charge >= 0.3 is 0 Å². The first-order valence-electron chi connectivity index (χ1n) is 11.1. The Morgan fingerprint density at radius 3 is 2.33 bits per heavy atom. The third-order valence-corrected chi connectivity index (χ3v) is 6.04. The van der Waals surface area contributed by atoms with Crippen molar-refractivity contribution in [2.45, 2.75) is 44.7 Å². The summed E-state index contributed by atoms with van der Waals surface area (Å²) in [5.41, 5.74) is 1.30. The summed E-state index contributed by atoms with van der Waals surface area (Å²) >= 11 is 0. The third-order valence-electron chi connectivity index (χ3n) is 6.04. The largest absolute Gasteiger partial charge is 0.497 e. The molecule has 8 nitrogen and oxygen atoms in total. The molecule has 33 heavy (non-hydrogen) atoms. The van der Waals surface area contributed by atoms with Gasteiger partial charge in [0.25, 0.3) is 5.91 Å². The van der Waals surface area contributed by atoms with Gasteiger partial charge in [0, 0.05) is 17.7 Å². The van der Waals surface area contributed by atoms with E-state index in [2.05, 4.69) is 10.1 Å². The lowest BCUT2D eigenvalue weighted by Gasteiger charge is -2.33. The molecule has 4 rings (SSSR count). The van der Waals surface area contributed by atoms with E-state index in [-0.39, 0.29) is 18.5 Å². The van der Waals surface area contributed by atoms with E-state index >= 15 is 0 Å². The van der Waals surface area contributed by atoms with Crippen molar-refractivity contribution >= 4 is 5.91 Å². The Labute approximate surface area is 193 Å². The zero-order valence-electron chi connectivity index (χ0n) is 19.2. The summed E-state index contributed by atoms with van der Waals surface area (Å²) in [4.78, 5) is 20.1. The number of rotatable bonds is 8. The van der Waals surface area contributed by atoms with E-state index in [4.69, 9.17) is 18.7 Å². The number of hydrogen-bond acceptors (Lipinski definition) is 7. The Bertz CT molecular complexity index is 1070. The number of nitrogens with zero attached hydrogens (tertiary/aromatic N) is 3. The SMILES string of the molecule is COc1ccc(-c2noc(CN(C(=O)c3ccc(OC)cc3OC)C3CCCCC3)n2)cc1. The van der Waals surface area contributed by atoms with Gasteiger partial charge in [0.05, 0.1) is 26.9 Å². The number of methoxy groups -OCH3 is 3. The van der Waals surface area contributed by atoms with Crippen molar-refractivity contribution in [3.8, 4) is 28.6 Å². The molecule has 1 amide bonds. The minimum Gasteiger partial charge on any atom is -0.497 e. The molecule has 1 heterocycles. The van der Waals surface area contributed by atoms with Crippen molar-refractivity contribution in [3.05, 3.63) is 53.9 Å². The van der Waals surface area contributed by atoms with Crippen molar-refractivity contribution in [2.24, 2.45) is 0 Å². The molecule has 1 fully saturated rings. The summed E-state index contributed by atoms with van der Waals surface area (Å²) in [7, 11) is 4.76. The standard InChI is InChI=1S/C25H29N3O5/c1-30-19-11-9-17(10-12-19)24-26-23(33-27-24)16-28(18-7-5-4-6-8-18)25(29)21-14-13-20(31-2)15-22(21)32-3/h9-15,18H,4-8,16H2,1-3H3. The molecule has 1 aliphatic carbocycles. The van der Waals surface area contributed by atoms with Gasteiger partial charge in [0.2, 0.25) is 11.7 Å². The molecular formula is C25H29N3O5. The molecule has 0 aliphatic heterocycles. The van der Waals surface area contributed by atoms with Crippen LogP contribution < -0.4 is 14.2 Å². The van der Waals surface area contributed by atoms with E-state index < -0.39 is 0 Å². The zero-order chi connectivity index (χ0) is 23.2. The number of amides is 1. The molecule has 1 saturated carbocycles. The predicted octanol–water partition coefficient (Wildman–Crippen LogP) is 4.74. The minimum atomic E-state index is -0.120. The molecule has 0 spiro atoms. The van der Waals surface area contributed by atoms with Gasteiger partial charge in [-0.05, 0) is 49.2 Å². The number of aromatic nitrogens is 2. The lowest BCUT2D eigenvalue weighted by atomic mass is 9.93. The fraction of sp³-hybridized carbons (Fsp3) is 0.400. The predicted molar refractivity (Wildman–Crippen MR) is 123 cm³/mol. The molecule has 1 aromatic heterocycles. The second-order valence-electron chi connectivity index (χ2n) is 8.03.